The van der Waals surface area contributed by atoms with Crippen molar-refractivity contribution in [1.29, 1.82) is 0 Å². The molecule has 1 saturated heterocycles. The Morgan fingerprint density at radius 1 is 1.03 bits per heavy atom. The van der Waals surface area contributed by atoms with Gasteiger partial charge in [0.2, 0.25) is 0 Å². The summed E-state index contributed by atoms with van der Waals surface area (Å²) < 4.78 is 7.76. The number of hydrogen-bond acceptors (Lipinski definition) is 4. The van der Waals surface area contributed by atoms with E-state index in [0.29, 0.717) is 15.7 Å². The number of rotatable bonds is 6. The lowest BCUT2D eigenvalue weighted by molar-refractivity contribution is -0.123. The molecule has 3 aromatic rings. The van der Waals surface area contributed by atoms with Crippen LogP contribution in [-0.4, -0.2) is 33.8 Å². The van der Waals surface area contributed by atoms with Crippen molar-refractivity contribution < 1.29 is 14.3 Å². The summed E-state index contributed by atoms with van der Waals surface area (Å²) in [5.41, 5.74) is 4.06. The number of carbonyl (C=O) groups excluding carboxylic acids is 2. The number of amides is 2. The molecule has 4 rings (SSSR count). The van der Waals surface area contributed by atoms with Gasteiger partial charge in [-0.05, 0) is 79.7 Å². The average molecular weight is 453 g/mol. The Balaban J connectivity index is 1.48. The molecule has 2 amide bonds. The van der Waals surface area contributed by atoms with Crippen LogP contribution in [0.15, 0.2) is 65.6 Å². The normalized spacial score (nSPS) is 15.2. The minimum Gasteiger partial charge on any atom is -0.492 e. The fourth-order valence-corrected chi connectivity index (χ4v) is 4.51. The molecule has 0 N–H and O–H groups in total. The molecule has 7 heteroatoms. The molecular formula is C24H21ClN2O3S. The average Bonchev–Trinajstić information content (AvgIpc) is 3.19. The summed E-state index contributed by atoms with van der Waals surface area (Å²) in [4.78, 5) is 26.9. The van der Waals surface area contributed by atoms with E-state index >= 15 is 0 Å². The van der Waals surface area contributed by atoms with Crippen molar-refractivity contribution in [2.24, 2.45) is 0 Å². The molecule has 0 radical (unpaired) electrons. The van der Waals surface area contributed by atoms with Gasteiger partial charge in [0, 0.05) is 22.1 Å². The molecule has 0 aliphatic carbocycles. The molecule has 2 heterocycles. The highest BCUT2D eigenvalue weighted by Gasteiger charge is 2.35. The summed E-state index contributed by atoms with van der Waals surface area (Å²) in [6.45, 7) is 4.44. The van der Waals surface area contributed by atoms with Crippen LogP contribution in [0.3, 0.4) is 0 Å². The summed E-state index contributed by atoms with van der Waals surface area (Å²) in [7, 11) is 0. The third-order valence-electron chi connectivity index (χ3n) is 5.04. The second-order valence-corrected chi connectivity index (χ2v) is 8.56. The van der Waals surface area contributed by atoms with Crippen molar-refractivity contribution in [2.45, 2.75) is 13.8 Å². The zero-order valence-electron chi connectivity index (χ0n) is 17.2. The Kier molecular flexibility index (Phi) is 6.20. The summed E-state index contributed by atoms with van der Waals surface area (Å²) in [6.07, 6.45) is 1.80. The van der Waals surface area contributed by atoms with Gasteiger partial charge < -0.3 is 9.30 Å². The molecule has 31 heavy (non-hydrogen) atoms. The van der Waals surface area contributed by atoms with Crippen molar-refractivity contribution >= 4 is 40.6 Å². The van der Waals surface area contributed by atoms with Crippen LogP contribution >= 0.6 is 23.4 Å². The molecule has 2 aromatic carbocycles. The maximum Gasteiger partial charge on any atom is 0.293 e. The molecule has 0 spiro atoms. The number of aromatic nitrogens is 1. The number of imide groups is 1. The maximum absolute atomic E-state index is 12.8. The van der Waals surface area contributed by atoms with E-state index in [-0.39, 0.29) is 24.3 Å². The number of hydrogen-bond donors (Lipinski definition) is 0. The molecule has 5 nitrogen and oxygen atoms in total. The Labute approximate surface area is 190 Å². The van der Waals surface area contributed by atoms with E-state index in [1.807, 2.05) is 50.2 Å². The van der Waals surface area contributed by atoms with Gasteiger partial charge in [0.15, 0.2) is 0 Å². The minimum atomic E-state index is -0.292. The summed E-state index contributed by atoms with van der Waals surface area (Å²) in [5, 5.41) is 0.336. The van der Waals surface area contributed by atoms with Crippen LogP contribution in [-0.2, 0) is 4.79 Å². The standard InChI is InChI=1S/C24H21ClN2O3S/c1-16-14-18(17(2)27(16)20-6-4-3-5-7-20)15-22-23(28)26(24(29)31-22)12-13-30-21-10-8-19(25)9-11-21/h3-11,14-15H,12-13H2,1-2H3/b22-15-. The highest BCUT2D eigenvalue weighted by atomic mass is 35.5. The van der Waals surface area contributed by atoms with E-state index in [1.54, 1.807) is 30.3 Å². The number of para-hydroxylation sites is 1. The lowest BCUT2D eigenvalue weighted by atomic mass is 10.2. The van der Waals surface area contributed by atoms with Gasteiger partial charge in [-0.2, -0.15) is 0 Å². The first-order valence-electron chi connectivity index (χ1n) is 9.82. The monoisotopic (exact) mass is 452 g/mol. The van der Waals surface area contributed by atoms with Crippen LogP contribution in [0.4, 0.5) is 4.79 Å². The van der Waals surface area contributed by atoms with Gasteiger partial charge >= 0.3 is 0 Å². The third-order valence-corrected chi connectivity index (χ3v) is 6.20. The molecule has 0 atom stereocenters. The second kappa shape index (κ2) is 9.04. The van der Waals surface area contributed by atoms with Crippen LogP contribution < -0.4 is 4.74 Å². The van der Waals surface area contributed by atoms with E-state index in [2.05, 4.69) is 4.57 Å². The zero-order valence-corrected chi connectivity index (χ0v) is 18.7. The van der Waals surface area contributed by atoms with Gasteiger partial charge in [-0.15, -0.1) is 0 Å². The molecular weight excluding hydrogens is 432 g/mol. The molecule has 0 unspecified atom stereocenters. The quantitative estimate of drug-likeness (QED) is 0.439. The molecule has 0 bridgehead atoms. The highest BCUT2D eigenvalue weighted by molar-refractivity contribution is 8.18. The largest absolute Gasteiger partial charge is 0.492 e. The first kappa shape index (κ1) is 21.3. The van der Waals surface area contributed by atoms with Crippen molar-refractivity contribution in [3.63, 3.8) is 0 Å². The Morgan fingerprint density at radius 3 is 2.45 bits per heavy atom. The predicted octanol–water partition coefficient (Wildman–Crippen LogP) is 5.86. The number of halogens is 1. The van der Waals surface area contributed by atoms with Gasteiger partial charge in [-0.25, -0.2) is 0 Å². The summed E-state index contributed by atoms with van der Waals surface area (Å²) >= 11 is 6.82. The number of carbonyl (C=O) groups is 2. The molecule has 0 saturated carbocycles. The summed E-state index contributed by atoms with van der Waals surface area (Å²) in [5.74, 6) is 0.347. The van der Waals surface area contributed by atoms with Gasteiger partial charge in [0.1, 0.15) is 12.4 Å². The maximum atomic E-state index is 12.8. The number of nitrogens with zero attached hydrogens (tertiary/aromatic N) is 2. The van der Waals surface area contributed by atoms with Crippen LogP contribution in [0.1, 0.15) is 17.0 Å². The van der Waals surface area contributed by atoms with Crippen molar-refractivity contribution in [2.75, 3.05) is 13.2 Å². The number of thioether (sulfide) groups is 1. The topological polar surface area (TPSA) is 51.5 Å². The van der Waals surface area contributed by atoms with E-state index < -0.39 is 0 Å². The van der Waals surface area contributed by atoms with E-state index in [4.69, 9.17) is 16.3 Å². The van der Waals surface area contributed by atoms with Crippen LogP contribution in [0.5, 0.6) is 5.75 Å². The van der Waals surface area contributed by atoms with E-state index in [0.717, 1.165) is 34.4 Å². The van der Waals surface area contributed by atoms with E-state index in [9.17, 15) is 9.59 Å². The number of ether oxygens (including phenoxy) is 1. The Morgan fingerprint density at radius 2 is 1.74 bits per heavy atom. The summed E-state index contributed by atoms with van der Waals surface area (Å²) in [6, 6.07) is 19.0. The fraction of sp³-hybridized carbons (Fsp3) is 0.167. The van der Waals surface area contributed by atoms with Crippen LogP contribution in [0, 0.1) is 13.8 Å². The molecule has 1 aliphatic rings. The second-order valence-electron chi connectivity index (χ2n) is 7.13. The first-order chi connectivity index (χ1) is 14.9. The lowest BCUT2D eigenvalue weighted by Gasteiger charge is -2.13. The number of aryl methyl sites for hydroxylation is 1. The van der Waals surface area contributed by atoms with Gasteiger partial charge in [0.05, 0.1) is 11.4 Å². The lowest BCUT2D eigenvalue weighted by Crippen LogP contribution is -2.32. The molecule has 158 valence electrons. The van der Waals surface area contributed by atoms with Crippen molar-refractivity contribution in [3.05, 3.63) is 87.5 Å². The van der Waals surface area contributed by atoms with Crippen LogP contribution in [0.25, 0.3) is 11.8 Å². The molecule has 1 aliphatic heterocycles. The number of benzene rings is 2. The van der Waals surface area contributed by atoms with Gasteiger partial charge in [-0.1, -0.05) is 29.8 Å². The van der Waals surface area contributed by atoms with E-state index in [1.165, 1.54) is 4.90 Å². The smallest absolute Gasteiger partial charge is 0.293 e. The fourth-order valence-electron chi connectivity index (χ4n) is 3.53. The zero-order chi connectivity index (χ0) is 22.0. The van der Waals surface area contributed by atoms with Crippen molar-refractivity contribution in [1.82, 2.24) is 9.47 Å². The molecule has 1 aromatic heterocycles. The Bertz CT molecular complexity index is 1150. The SMILES string of the molecule is Cc1cc(/C=C2\SC(=O)N(CCOc3ccc(Cl)cc3)C2=O)c(C)n1-c1ccccc1. The minimum absolute atomic E-state index is 0.188. The van der Waals surface area contributed by atoms with Crippen LogP contribution in [0.2, 0.25) is 5.02 Å². The highest BCUT2D eigenvalue weighted by Crippen LogP contribution is 2.33. The van der Waals surface area contributed by atoms with Gasteiger partial charge in [-0.3, -0.25) is 14.5 Å². The van der Waals surface area contributed by atoms with Gasteiger partial charge in [0.25, 0.3) is 11.1 Å². The first-order valence-corrected chi connectivity index (χ1v) is 11.0. The predicted molar refractivity (Wildman–Crippen MR) is 125 cm³/mol. The third kappa shape index (κ3) is 4.55. The Hall–Kier alpha value is -2.96. The molecule has 1 fully saturated rings. The van der Waals surface area contributed by atoms with Crippen molar-refractivity contribution in [3.8, 4) is 11.4 Å².